The van der Waals surface area contributed by atoms with Gasteiger partial charge in [-0.05, 0) is 24.5 Å². The number of nitrogens with two attached hydrogens (primary N) is 1. The van der Waals surface area contributed by atoms with E-state index in [2.05, 4.69) is 0 Å². The number of sulfonamides is 1. The summed E-state index contributed by atoms with van der Waals surface area (Å²) in [7, 11) is -3.34. The van der Waals surface area contributed by atoms with Crippen molar-refractivity contribution in [2.24, 2.45) is 5.73 Å². The van der Waals surface area contributed by atoms with E-state index in [9.17, 15) is 13.2 Å². The molecule has 1 amide bonds. The average molecular weight is 310 g/mol. The van der Waals surface area contributed by atoms with Crippen LogP contribution in [0.25, 0.3) is 0 Å². The second-order valence-corrected chi connectivity index (χ2v) is 7.41. The SMILES string of the molecule is CCCCCS(=O)(=O)N1CC[C@H](C(N)=O)c2ccccc21. The molecule has 2 N–H and O–H groups in total. The van der Waals surface area contributed by atoms with Gasteiger partial charge in [0.25, 0.3) is 0 Å². The van der Waals surface area contributed by atoms with Crippen LogP contribution in [-0.2, 0) is 14.8 Å². The summed E-state index contributed by atoms with van der Waals surface area (Å²) in [5, 5.41) is 0. The lowest BCUT2D eigenvalue weighted by Gasteiger charge is -2.33. The smallest absolute Gasteiger partial charge is 0.235 e. The first-order valence-corrected chi connectivity index (χ1v) is 8.97. The largest absolute Gasteiger partial charge is 0.369 e. The third-order valence-corrected chi connectivity index (χ3v) is 5.74. The highest BCUT2D eigenvalue weighted by molar-refractivity contribution is 7.92. The number of benzene rings is 1. The van der Waals surface area contributed by atoms with Crippen LogP contribution in [0.2, 0.25) is 0 Å². The van der Waals surface area contributed by atoms with Gasteiger partial charge in [-0.25, -0.2) is 8.42 Å². The van der Waals surface area contributed by atoms with E-state index in [4.69, 9.17) is 5.73 Å². The Kier molecular flexibility index (Phi) is 4.88. The standard InChI is InChI=1S/C15H22N2O3S/c1-2-3-6-11-21(19,20)17-10-9-13(15(16)18)12-7-4-5-8-14(12)17/h4-5,7-8,13H,2-3,6,9-11H2,1H3,(H2,16,18)/t13-/m0/s1. The normalized spacial score (nSPS) is 18.3. The summed E-state index contributed by atoms with van der Waals surface area (Å²) in [6, 6.07) is 7.14. The second kappa shape index (κ2) is 6.47. The number of amides is 1. The first-order valence-electron chi connectivity index (χ1n) is 7.36. The Labute approximate surface area is 126 Å². The highest BCUT2D eigenvalue weighted by Gasteiger charge is 2.33. The van der Waals surface area contributed by atoms with Gasteiger partial charge in [0, 0.05) is 6.54 Å². The molecule has 1 aromatic rings. The molecule has 5 nitrogen and oxygen atoms in total. The molecule has 0 bridgehead atoms. The Morgan fingerprint density at radius 1 is 1.33 bits per heavy atom. The Morgan fingerprint density at radius 2 is 2.05 bits per heavy atom. The van der Waals surface area contributed by atoms with Gasteiger partial charge in [-0.1, -0.05) is 38.0 Å². The molecule has 0 aliphatic carbocycles. The third kappa shape index (κ3) is 3.37. The molecule has 0 fully saturated rings. The Hall–Kier alpha value is -1.56. The summed E-state index contributed by atoms with van der Waals surface area (Å²) in [4.78, 5) is 11.5. The van der Waals surface area contributed by atoms with E-state index in [1.807, 2.05) is 13.0 Å². The van der Waals surface area contributed by atoms with Crippen molar-refractivity contribution in [2.75, 3.05) is 16.6 Å². The molecule has 1 aromatic carbocycles. The zero-order chi connectivity index (χ0) is 15.5. The van der Waals surface area contributed by atoms with E-state index in [0.717, 1.165) is 18.4 Å². The number of primary amides is 1. The number of hydrogen-bond donors (Lipinski definition) is 1. The van der Waals surface area contributed by atoms with Crippen molar-refractivity contribution in [3.05, 3.63) is 29.8 Å². The van der Waals surface area contributed by atoms with E-state index >= 15 is 0 Å². The number of fused-ring (bicyclic) bond motifs is 1. The first kappa shape index (κ1) is 15.8. The van der Waals surface area contributed by atoms with Crippen molar-refractivity contribution in [3.8, 4) is 0 Å². The maximum Gasteiger partial charge on any atom is 0.235 e. The minimum Gasteiger partial charge on any atom is -0.369 e. The molecule has 116 valence electrons. The Balaban J connectivity index is 2.30. The van der Waals surface area contributed by atoms with Crippen molar-refractivity contribution < 1.29 is 13.2 Å². The van der Waals surface area contributed by atoms with E-state index in [1.54, 1.807) is 18.2 Å². The van der Waals surface area contributed by atoms with Gasteiger partial charge in [0.15, 0.2) is 0 Å². The van der Waals surface area contributed by atoms with Gasteiger partial charge in [-0.2, -0.15) is 0 Å². The lowest BCUT2D eigenvalue weighted by molar-refractivity contribution is -0.119. The Morgan fingerprint density at radius 3 is 2.71 bits per heavy atom. The number of unbranched alkanes of at least 4 members (excludes halogenated alkanes) is 2. The van der Waals surface area contributed by atoms with Gasteiger partial charge in [0.1, 0.15) is 0 Å². The van der Waals surface area contributed by atoms with Crippen LogP contribution in [0.15, 0.2) is 24.3 Å². The summed E-state index contributed by atoms with van der Waals surface area (Å²) in [5.74, 6) is -0.648. The highest BCUT2D eigenvalue weighted by Crippen LogP contribution is 2.36. The van der Waals surface area contributed by atoms with Crippen molar-refractivity contribution >= 4 is 21.6 Å². The van der Waals surface area contributed by atoms with Crippen molar-refractivity contribution in [1.82, 2.24) is 0 Å². The molecule has 0 spiro atoms. The number of anilines is 1. The first-order chi connectivity index (χ1) is 9.97. The highest BCUT2D eigenvalue weighted by atomic mass is 32.2. The molecule has 0 aromatic heterocycles. The van der Waals surface area contributed by atoms with Crippen LogP contribution < -0.4 is 10.0 Å². The summed E-state index contributed by atoms with van der Waals surface area (Å²) in [6.45, 7) is 2.36. The minimum absolute atomic E-state index is 0.149. The average Bonchev–Trinajstić information content (AvgIpc) is 2.46. The minimum atomic E-state index is -3.34. The molecule has 0 radical (unpaired) electrons. The van der Waals surface area contributed by atoms with Crippen LogP contribution in [0.4, 0.5) is 5.69 Å². The molecule has 0 saturated heterocycles. The molecule has 21 heavy (non-hydrogen) atoms. The van der Waals surface area contributed by atoms with Crippen LogP contribution in [0, 0.1) is 0 Å². The number of rotatable bonds is 6. The fourth-order valence-electron chi connectivity index (χ4n) is 2.76. The lowest BCUT2D eigenvalue weighted by atomic mass is 9.90. The number of nitrogens with zero attached hydrogens (tertiary/aromatic N) is 1. The number of carbonyl (C=O) groups is 1. The second-order valence-electron chi connectivity index (χ2n) is 5.40. The molecule has 1 aliphatic rings. The van der Waals surface area contributed by atoms with Crippen LogP contribution in [-0.4, -0.2) is 26.6 Å². The fourth-order valence-corrected chi connectivity index (χ4v) is 4.40. The summed E-state index contributed by atoms with van der Waals surface area (Å²) >= 11 is 0. The van der Waals surface area contributed by atoms with E-state index in [1.165, 1.54) is 4.31 Å². The van der Waals surface area contributed by atoms with Crippen LogP contribution >= 0.6 is 0 Å². The van der Waals surface area contributed by atoms with E-state index < -0.39 is 21.8 Å². The number of para-hydroxylation sites is 1. The molecule has 1 atom stereocenters. The monoisotopic (exact) mass is 310 g/mol. The van der Waals surface area contributed by atoms with Crippen molar-refractivity contribution in [1.29, 1.82) is 0 Å². The Bertz CT molecular complexity index is 613. The van der Waals surface area contributed by atoms with Gasteiger partial charge in [0.05, 0.1) is 17.4 Å². The van der Waals surface area contributed by atoms with Crippen LogP contribution in [0.1, 0.15) is 44.1 Å². The lowest BCUT2D eigenvalue weighted by Crippen LogP contribution is -2.40. The van der Waals surface area contributed by atoms with Crippen molar-refractivity contribution in [3.63, 3.8) is 0 Å². The molecule has 1 aliphatic heterocycles. The quantitative estimate of drug-likeness (QED) is 0.816. The molecular formula is C15H22N2O3S. The predicted octanol–water partition coefficient (Wildman–Crippen LogP) is 1.99. The molecule has 0 unspecified atom stereocenters. The molecule has 2 rings (SSSR count). The van der Waals surface area contributed by atoms with E-state index in [0.29, 0.717) is 25.1 Å². The number of hydrogen-bond acceptors (Lipinski definition) is 3. The number of carbonyl (C=O) groups excluding carboxylic acids is 1. The van der Waals surface area contributed by atoms with Crippen molar-refractivity contribution in [2.45, 2.75) is 38.5 Å². The maximum absolute atomic E-state index is 12.5. The van der Waals surface area contributed by atoms with Crippen LogP contribution in [0.3, 0.4) is 0 Å². The molecule has 1 heterocycles. The fraction of sp³-hybridized carbons (Fsp3) is 0.533. The predicted molar refractivity (Wildman–Crippen MR) is 83.7 cm³/mol. The maximum atomic E-state index is 12.5. The zero-order valence-electron chi connectivity index (χ0n) is 12.3. The molecular weight excluding hydrogens is 288 g/mol. The zero-order valence-corrected chi connectivity index (χ0v) is 13.1. The van der Waals surface area contributed by atoms with E-state index in [-0.39, 0.29) is 5.75 Å². The van der Waals surface area contributed by atoms with Gasteiger partial charge in [-0.3, -0.25) is 9.10 Å². The summed E-state index contributed by atoms with van der Waals surface area (Å²) < 4.78 is 26.5. The molecule has 0 saturated carbocycles. The van der Waals surface area contributed by atoms with Gasteiger partial charge in [-0.15, -0.1) is 0 Å². The summed E-state index contributed by atoms with van der Waals surface area (Å²) in [5.41, 5.74) is 6.75. The van der Waals surface area contributed by atoms with Gasteiger partial charge in [0.2, 0.25) is 15.9 Å². The van der Waals surface area contributed by atoms with Gasteiger partial charge < -0.3 is 5.73 Å². The third-order valence-electron chi connectivity index (χ3n) is 3.89. The summed E-state index contributed by atoms with van der Waals surface area (Å²) in [6.07, 6.45) is 2.99. The van der Waals surface area contributed by atoms with Gasteiger partial charge >= 0.3 is 0 Å². The topological polar surface area (TPSA) is 80.5 Å². The van der Waals surface area contributed by atoms with Crippen LogP contribution in [0.5, 0.6) is 0 Å². The molecule has 6 heteroatoms.